The van der Waals surface area contributed by atoms with Crippen LogP contribution in [0.3, 0.4) is 0 Å². The molecule has 1 aromatic carbocycles. The Balaban J connectivity index is 1.87. The Morgan fingerprint density at radius 3 is 2.67 bits per heavy atom. The number of rotatable bonds is 4. The molecule has 24 heavy (non-hydrogen) atoms. The molecule has 2 heterocycles. The van der Waals surface area contributed by atoms with Crippen LogP contribution < -0.4 is 5.32 Å². The highest BCUT2D eigenvalue weighted by Crippen LogP contribution is 2.20. The molecule has 0 aliphatic heterocycles. The van der Waals surface area contributed by atoms with Gasteiger partial charge >= 0.3 is 0 Å². The predicted octanol–water partition coefficient (Wildman–Crippen LogP) is 2.54. The highest BCUT2D eigenvalue weighted by atomic mass is 35.5. The van der Waals surface area contributed by atoms with Crippen LogP contribution in [-0.4, -0.2) is 25.5 Å². The standard InChI is InChI=1S/C16H13ClN6O/c1-11-14(17)9-19-22(11)10-15(24)21-16-12(7-18)8-20-23(16)13-5-3-2-4-6-13/h2-6,8-9H,10H2,1H3,(H,21,24). The molecule has 7 nitrogen and oxygen atoms in total. The quantitative estimate of drug-likeness (QED) is 0.790. The zero-order valence-electron chi connectivity index (χ0n) is 12.8. The van der Waals surface area contributed by atoms with Gasteiger partial charge in [0.1, 0.15) is 18.2 Å². The van der Waals surface area contributed by atoms with Crippen LogP contribution >= 0.6 is 11.6 Å². The summed E-state index contributed by atoms with van der Waals surface area (Å²) in [5, 5.41) is 20.7. The van der Waals surface area contributed by atoms with Gasteiger partial charge in [-0.05, 0) is 19.1 Å². The molecule has 0 aliphatic rings. The Labute approximate surface area is 143 Å². The van der Waals surface area contributed by atoms with E-state index in [9.17, 15) is 10.1 Å². The lowest BCUT2D eigenvalue weighted by Crippen LogP contribution is -2.22. The minimum absolute atomic E-state index is 0.0105. The molecule has 0 atom stereocenters. The summed E-state index contributed by atoms with van der Waals surface area (Å²) in [6, 6.07) is 11.3. The molecule has 0 radical (unpaired) electrons. The number of carbonyl (C=O) groups is 1. The molecule has 0 spiro atoms. The summed E-state index contributed by atoms with van der Waals surface area (Å²) in [5.74, 6) is -0.00310. The van der Waals surface area contributed by atoms with Gasteiger partial charge in [0, 0.05) is 0 Å². The summed E-state index contributed by atoms with van der Waals surface area (Å²) < 4.78 is 3.01. The number of anilines is 1. The van der Waals surface area contributed by atoms with Crippen LogP contribution in [0.2, 0.25) is 5.02 Å². The van der Waals surface area contributed by atoms with Gasteiger partial charge in [0.2, 0.25) is 5.91 Å². The molecule has 1 N–H and O–H groups in total. The number of halogens is 1. The molecule has 3 rings (SSSR count). The van der Waals surface area contributed by atoms with Gasteiger partial charge in [-0.1, -0.05) is 29.8 Å². The highest BCUT2D eigenvalue weighted by molar-refractivity contribution is 6.31. The van der Waals surface area contributed by atoms with Crippen molar-refractivity contribution >= 4 is 23.3 Å². The first kappa shape index (κ1) is 15.8. The fourth-order valence-corrected chi connectivity index (χ4v) is 2.35. The molecular formula is C16H13ClN6O. The third-order valence-electron chi connectivity index (χ3n) is 3.48. The molecule has 0 unspecified atom stereocenters. The minimum atomic E-state index is -0.327. The number of carbonyl (C=O) groups excluding carboxylic acids is 1. The molecule has 3 aromatic rings. The van der Waals surface area contributed by atoms with Crippen molar-refractivity contribution in [3.63, 3.8) is 0 Å². The molecule has 2 aromatic heterocycles. The summed E-state index contributed by atoms with van der Waals surface area (Å²) in [7, 11) is 0. The fraction of sp³-hybridized carbons (Fsp3) is 0.125. The van der Waals surface area contributed by atoms with Crippen LogP contribution in [0, 0.1) is 18.3 Å². The number of nitrogens with one attached hydrogen (secondary N) is 1. The van der Waals surface area contributed by atoms with Crippen LogP contribution in [0.1, 0.15) is 11.3 Å². The molecule has 0 fully saturated rings. The number of nitriles is 1. The van der Waals surface area contributed by atoms with E-state index in [2.05, 4.69) is 15.5 Å². The molecule has 0 bridgehead atoms. The summed E-state index contributed by atoms with van der Waals surface area (Å²) in [6.07, 6.45) is 2.90. The Kier molecular flexibility index (Phi) is 4.31. The van der Waals surface area contributed by atoms with Crippen molar-refractivity contribution in [2.24, 2.45) is 0 Å². The lowest BCUT2D eigenvalue weighted by molar-refractivity contribution is -0.117. The van der Waals surface area contributed by atoms with Crippen LogP contribution in [-0.2, 0) is 11.3 Å². The second-order valence-electron chi connectivity index (χ2n) is 5.05. The van der Waals surface area contributed by atoms with E-state index in [1.807, 2.05) is 36.4 Å². The molecule has 0 saturated carbocycles. The van der Waals surface area contributed by atoms with Crippen LogP contribution in [0.4, 0.5) is 5.82 Å². The number of para-hydroxylation sites is 1. The molecule has 0 saturated heterocycles. The third kappa shape index (κ3) is 3.00. The number of nitrogens with zero attached hydrogens (tertiary/aromatic N) is 5. The van der Waals surface area contributed by atoms with E-state index in [1.165, 1.54) is 21.8 Å². The van der Waals surface area contributed by atoms with Crippen LogP contribution in [0.25, 0.3) is 5.69 Å². The lowest BCUT2D eigenvalue weighted by Gasteiger charge is -2.10. The van der Waals surface area contributed by atoms with Crippen molar-refractivity contribution in [1.82, 2.24) is 19.6 Å². The zero-order valence-corrected chi connectivity index (χ0v) is 13.5. The molecule has 8 heteroatoms. The smallest absolute Gasteiger partial charge is 0.247 e. The van der Waals surface area contributed by atoms with E-state index >= 15 is 0 Å². The third-order valence-corrected chi connectivity index (χ3v) is 3.86. The number of benzene rings is 1. The van der Waals surface area contributed by atoms with Gasteiger partial charge in [0.05, 0.1) is 28.8 Å². The van der Waals surface area contributed by atoms with E-state index in [4.69, 9.17) is 11.6 Å². The van der Waals surface area contributed by atoms with E-state index in [0.717, 1.165) is 5.69 Å². The Hall–Kier alpha value is -3.11. The number of amides is 1. The second kappa shape index (κ2) is 6.56. The van der Waals surface area contributed by atoms with Gasteiger partial charge < -0.3 is 5.32 Å². The largest absolute Gasteiger partial charge is 0.308 e. The molecule has 0 aliphatic carbocycles. The van der Waals surface area contributed by atoms with Crippen molar-refractivity contribution in [2.75, 3.05) is 5.32 Å². The first-order chi connectivity index (χ1) is 11.6. The van der Waals surface area contributed by atoms with Crippen molar-refractivity contribution < 1.29 is 4.79 Å². The number of aromatic nitrogens is 4. The first-order valence-corrected chi connectivity index (χ1v) is 7.49. The van der Waals surface area contributed by atoms with Crippen molar-refractivity contribution in [1.29, 1.82) is 5.26 Å². The topological polar surface area (TPSA) is 88.5 Å². The van der Waals surface area contributed by atoms with Gasteiger partial charge in [-0.2, -0.15) is 15.5 Å². The van der Waals surface area contributed by atoms with Gasteiger partial charge in [-0.15, -0.1) is 0 Å². The maximum absolute atomic E-state index is 12.3. The average molecular weight is 341 g/mol. The fourth-order valence-electron chi connectivity index (χ4n) is 2.21. The van der Waals surface area contributed by atoms with Gasteiger partial charge in [0.25, 0.3) is 0 Å². The average Bonchev–Trinajstić information content (AvgIpc) is 3.13. The normalized spacial score (nSPS) is 10.4. The van der Waals surface area contributed by atoms with Crippen molar-refractivity contribution in [2.45, 2.75) is 13.5 Å². The monoisotopic (exact) mass is 340 g/mol. The van der Waals surface area contributed by atoms with E-state index in [1.54, 1.807) is 6.92 Å². The summed E-state index contributed by atoms with van der Waals surface area (Å²) in [6.45, 7) is 1.76. The van der Waals surface area contributed by atoms with Gasteiger partial charge in [-0.3, -0.25) is 9.48 Å². The predicted molar refractivity (Wildman–Crippen MR) is 88.9 cm³/mol. The number of hydrogen-bond donors (Lipinski definition) is 1. The molecule has 120 valence electrons. The summed E-state index contributed by atoms with van der Waals surface area (Å²) in [4.78, 5) is 12.3. The summed E-state index contributed by atoms with van der Waals surface area (Å²) >= 11 is 5.94. The Morgan fingerprint density at radius 2 is 2.04 bits per heavy atom. The number of hydrogen-bond acceptors (Lipinski definition) is 4. The Bertz CT molecular complexity index is 922. The lowest BCUT2D eigenvalue weighted by atomic mass is 10.3. The minimum Gasteiger partial charge on any atom is -0.308 e. The van der Waals surface area contributed by atoms with Crippen molar-refractivity contribution in [3.05, 3.63) is 59.0 Å². The van der Waals surface area contributed by atoms with Crippen molar-refractivity contribution in [3.8, 4) is 11.8 Å². The van der Waals surface area contributed by atoms with Gasteiger partial charge in [0.15, 0.2) is 5.82 Å². The molecular weight excluding hydrogens is 328 g/mol. The van der Waals surface area contributed by atoms with Crippen LogP contribution in [0.5, 0.6) is 0 Å². The van der Waals surface area contributed by atoms with E-state index in [0.29, 0.717) is 16.5 Å². The van der Waals surface area contributed by atoms with Crippen LogP contribution in [0.15, 0.2) is 42.7 Å². The highest BCUT2D eigenvalue weighted by Gasteiger charge is 2.16. The SMILES string of the molecule is Cc1c(Cl)cnn1CC(=O)Nc1c(C#N)cnn1-c1ccccc1. The van der Waals surface area contributed by atoms with E-state index < -0.39 is 0 Å². The second-order valence-corrected chi connectivity index (χ2v) is 5.46. The summed E-state index contributed by atoms with van der Waals surface area (Å²) in [5.41, 5.74) is 1.72. The zero-order chi connectivity index (χ0) is 17.1. The molecule has 1 amide bonds. The first-order valence-electron chi connectivity index (χ1n) is 7.11. The maximum Gasteiger partial charge on any atom is 0.247 e. The van der Waals surface area contributed by atoms with Gasteiger partial charge in [-0.25, -0.2) is 4.68 Å². The van der Waals surface area contributed by atoms with E-state index in [-0.39, 0.29) is 18.0 Å². The maximum atomic E-state index is 12.3. The Morgan fingerprint density at radius 1 is 1.29 bits per heavy atom.